The molecule has 1 fully saturated rings. The number of ketones is 1. The summed E-state index contributed by atoms with van der Waals surface area (Å²) in [6, 6.07) is 8.25. The van der Waals surface area contributed by atoms with Crippen molar-refractivity contribution in [1.29, 1.82) is 0 Å². The molecule has 1 aliphatic heterocycles. The molecule has 0 aliphatic carbocycles. The van der Waals surface area contributed by atoms with E-state index in [0.29, 0.717) is 12.2 Å². The van der Waals surface area contributed by atoms with Gasteiger partial charge in [-0.2, -0.15) is 0 Å². The van der Waals surface area contributed by atoms with Gasteiger partial charge in [-0.1, -0.05) is 6.07 Å². The number of hydrogen-bond donors (Lipinski definition) is 2. The summed E-state index contributed by atoms with van der Waals surface area (Å²) in [5, 5.41) is 4.45. The van der Waals surface area contributed by atoms with Gasteiger partial charge in [0.05, 0.1) is 5.92 Å². The lowest BCUT2D eigenvalue weighted by Crippen LogP contribution is -2.35. The number of Topliss-reactive ketones (excluding diaryl/α,β-unsaturated/α-hetero) is 1. The molecule has 1 unspecified atom stereocenters. The van der Waals surface area contributed by atoms with E-state index in [9.17, 15) is 4.79 Å². The average Bonchev–Trinajstić information content (AvgIpc) is 2.76. The van der Waals surface area contributed by atoms with Gasteiger partial charge in [0.1, 0.15) is 5.78 Å². The van der Waals surface area contributed by atoms with E-state index in [4.69, 9.17) is 0 Å². The molecule has 82 valence electrons. The quantitative estimate of drug-likeness (QED) is 0.760. The maximum atomic E-state index is 11.8. The minimum absolute atomic E-state index is 0.0352. The first-order valence-electron chi connectivity index (χ1n) is 5.65. The number of rotatable bonds is 1. The zero-order valence-electron chi connectivity index (χ0n) is 8.99. The van der Waals surface area contributed by atoms with Crippen molar-refractivity contribution in [2.75, 3.05) is 13.1 Å². The summed E-state index contributed by atoms with van der Waals surface area (Å²) in [5.74, 6) is 0.390. The van der Waals surface area contributed by atoms with Crippen LogP contribution in [0.2, 0.25) is 0 Å². The second-order valence-electron chi connectivity index (χ2n) is 4.30. The molecule has 3 nitrogen and oxygen atoms in total. The Morgan fingerprint density at radius 3 is 3.06 bits per heavy atom. The molecule has 1 aliphatic rings. The van der Waals surface area contributed by atoms with Crippen LogP contribution in [0, 0.1) is 0 Å². The highest BCUT2D eigenvalue weighted by Gasteiger charge is 2.23. The molecule has 0 spiro atoms. The number of fused-ring (bicyclic) bond motifs is 1. The molecule has 1 aromatic heterocycles. The van der Waals surface area contributed by atoms with Gasteiger partial charge in [0, 0.05) is 31.2 Å². The largest absolute Gasteiger partial charge is 0.361 e. The van der Waals surface area contributed by atoms with Gasteiger partial charge in [-0.05, 0) is 29.1 Å². The summed E-state index contributed by atoms with van der Waals surface area (Å²) in [6.45, 7) is 1.59. The summed E-state index contributed by atoms with van der Waals surface area (Å²) in [7, 11) is 0. The summed E-state index contributed by atoms with van der Waals surface area (Å²) in [5.41, 5.74) is 2.25. The number of aromatic nitrogens is 1. The first kappa shape index (κ1) is 9.60. The van der Waals surface area contributed by atoms with E-state index in [2.05, 4.69) is 22.4 Å². The van der Waals surface area contributed by atoms with Crippen LogP contribution < -0.4 is 5.32 Å². The van der Waals surface area contributed by atoms with Crippen LogP contribution in [-0.2, 0) is 4.79 Å². The number of piperidine rings is 1. The van der Waals surface area contributed by atoms with Gasteiger partial charge in [-0.25, -0.2) is 0 Å². The van der Waals surface area contributed by atoms with E-state index < -0.39 is 0 Å². The van der Waals surface area contributed by atoms with E-state index >= 15 is 0 Å². The molecule has 3 heteroatoms. The summed E-state index contributed by atoms with van der Waals surface area (Å²) in [6.07, 6.45) is 2.57. The third kappa shape index (κ3) is 1.53. The Balaban J connectivity index is 2.00. The van der Waals surface area contributed by atoms with Crippen LogP contribution in [0.4, 0.5) is 0 Å². The van der Waals surface area contributed by atoms with Gasteiger partial charge in [0.15, 0.2) is 0 Å². The lowest BCUT2D eigenvalue weighted by molar-refractivity contribution is -0.121. The molecule has 0 amide bonds. The SMILES string of the molecule is O=C1CCNCC1c1ccc2[nH]ccc2c1. The van der Waals surface area contributed by atoms with Gasteiger partial charge in [0.25, 0.3) is 0 Å². The predicted octanol–water partition coefficient (Wildman–Crippen LogP) is 1.81. The van der Waals surface area contributed by atoms with Crippen molar-refractivity contribution in [2.24, 2.45) is 0 Å². The molecule has 1 saturated heterocycles. The van der Waals surface area contributed by atoms with Gasteiger partial charge in [0.2, 0.25) is 0 Å². The van der Waals surface area contributed by atoms with Crippen LogP contribution in [0.15, 0.2) is 30.5 Å². The fourth-order valence-electron chi connectivity index (χ4n) is 2.34. The fourth-order valence-corrected chi connectivity index (χ4v) is 2.34. The van der Waals surface area contributed by atoms with E-state index in [1.165, 1.54) is 5.39 Å². The number of aromatic amines is 1. The standard InChI is InChI=1S/C13H14N2O/c16-13-4-5-14-8-11(13)9-1-2-12-10(7-9)3-6-15-12/h1-3,6-7,11,14-15H,4-5,8H2. The van der Waals surface area contributed by atoms with Gasteiger partial charge in [-0.15, -0.1) is 0 Å². The molecule has 1 aromatic carbocycles. The highest BCUT2D eigenvalue weighted by molar-refractivity contribution is 5.89. The zero-order valence-corrected chi connectivity index (χ0v) is 8.99. The molecule has 2 heterocycles. The lowest BCUT2D eigenvalue weighted by Gasteiger charge is -2.21. The van der Waals surface area contributed by atoms with E-state index in [0.717, 1.165) is 24.2 Å². The highest BCUT2D eigenvalue weighted by Crippen LogP contribution is 2.23. The Morgan fingerprint density at radius 2 is 2.19 bits per heavy atom. The Hall–Kier alpha value is -1.61. The second kappa shape index (κ2) is 3.76. The van der Waals surface area contributed by atoms with Crippen LogP contribution in [0.3, 0.4) is 0 Å². The van der Waals surface area contributed by atoms with Gasteiger partial charge < -0.3 is 10.3 Å². The van der Waals surface area contributed by atoms with Gasteiger partial charge in [-0.3, -0.25) is 4.79 Å². The minimum Gasteiger partial charge on any atom is -0.361 e. The summed E-state index contributed by atoms with van der Waals surface area (Å²) >= 11 is 0. The molecule has 16 heavy (non-hydrogen) atoms. The van der Waals surface area contributed by atoms with Crippen LogP contribution in [0.1, 0.15) is 17.9 Å². The second-order valence-corrected chi connectivity index (χ2v) is 4.30. The Labute approximate surface area is 93.9 Å². The van der Waals surface area contributed by atoms with E-state index in [-0.39, 0.29) is 5.92 Å². The van der Waals surface area contributed by atoms with Crippen LogP contribution in [0.25, 0.3) is 10.9 Å². The average molecular weight is 214 g/mol. The minimum atomic E-state index is 0.0352. The van der Waals surface area contributed by atoms with Crippen LogP contribution >= 0.6 is 0 Å². The molecule has 0 bridgehead atoms. The monoisotopic (exact) mass is 214 g/mol. The predicted molar refractivity (Wildman–Crippen MR) is 63.5 cm³/mol. The fraction of sp³-hybridized carbons (Fsp3) is 0.308. The van der Waals surface area contributed by atoms with E-state index in [1.807, 2.05) is 18.3 Å². The van der Waals surface area contributed by atoms with Crippen molar-refractivity contribution >= 4 is 16.7 Å². The van der Waals surface area contributed by atoms with Crippen molar-refractivity contribution in [2.45, 2.75) is 12.3 Å². The Bertz CT molecular complexity index is 529. The lowest BCUT2D eigenvalue weighted by atomic mass is 9.90. The Kier molecular flexibility index (Phi) is 2.26. The zero-order chi connectivity index (χ0) is 11.0. The number of H-pyrrole nitrogens is 1. The third-order valence-electron chi connectivity index (χ3n) is 3.27. The van der Waals surface area contributed by atoms with Gasteiger partial charge >= 0.3 is 0 Å². The summed E-state index contributed by atoms with van der Waals surface area (Å²) in [4.78, 5) is 15.0. The summed E-state index contributed by atoms with van der Waals surface area (Å²) < 4.78 is 0. The first-order chi connectivity index (χ1) is 7.84. The van der Waals surface area contributed by atoms with Crippen molar-refractivity contribution in [3.05, 3.63) is 36.0 Å². The maximum absolute atomic E-state index is 11.8. The number of nitrogens with one attached hydrogen (secondary N) is 2. The van der Waals surface area contributed by atoms with Crippen LogP contribution in [-0.4, -0.2) is 23.9 Å². The normalized spacial score (nSPS) is 21.5. The van der Waals surface area contributed by atoms with E-state index in [1.54, 1.807) is 0 Å². The smallest absolute Gasteiger partial charge is 0.142 e. The molecule has 3 rings (SSSR count). The van der Waals surface area contributed by atoms with Crippen molar-refractivity contribution in [3.8, 4) is 0 Å². The molecule has 2 aromatic rings. The number of carbonyl (C=O) groups is 1. The number of hydrogen-bond acceptors (Lipinski definition) is 2. The Morgan fingerprint density at radius 1 is 1.25 bits per heavy atom. The molecule has 2 N–H and O–H groups in total. The maximum Gasteiger partial charge on any atom is 0.142 e. The molecule has 1 atom stereocenters. The topological polar surface area (TPSA) is 44.9 Å². The number of benzene rings is 1. The van der Waals surface area contributed by atoms with Crippen molar-refractivity contribution in [3.63, 3.8) is 0 Å². The first-order valence-corrected chi connectivity index (χ1v) is 5.65. The van der Waals surface area contributed by atoms with Crippen molar-refractivity contribution < 1.29 is 4.79 Å². The molecule has 0 radical (unpaired) electrons. The number of carbonyl (C=O) groups excluding carboxylic acids is 1. The third-order valence-corrected chi connectivity index (χ3v) is 3.27. The molecular weight excluding hydrogens is 200 g/mol. The van der Waals surface area contributed by atoms with Crippen LogP contribution in [0.5, 0.6) is 0 Å². The molecular formula is C13H14N2O. The van der Waals surface area contributed by atoms with Crippen molar-refractivity contribution in [1.82, 2.24) is 10.3 Å². The highest BCUT2D eigenvalue weighted by atomic mass is 16.1. The molecule has 0 saturated carbocycles.